The first-order valence-electron chi connectivity index (χ1n) is 6.79. The van der Waals surface area contributed by atoms with Crippen molar-refractivity contribution in [3.63, 3.8) is 0 Å². The lowest BCUT2D eigenvalue weighted by atomic mass is 10.4. The molecule has 0 saturated carbocycles. The SMILES string of the molecule is CC(=O)OCCN1CCCN(CCOC(C)=O)CC1. The van der Waals surface area contributed by atoms with Gasteiger partial charge in [-0.25, -0.2) is 0 Å². The molecule has 1 fully saturated rings. The van der Waals surface area contributed by atoms with Crippen LogP contribution in [0.2, 0.25) is 0 Å². The fourth-order valence-electron chi connectivity index (χ4n) is 2.11. The summed E-state index contributed by atoms with van der Waals surface area (Å²) in [5.74, 6) is -0.448. The summed E-state index contributed by atoms with van der Waals surface area (Å²) in [5, 5.41) is 0. The number of carbonyl (C=O) groups excluding carboxylic acids is 2. The third-order valence-electron chi connectivity index (χ3n) is 3.11. The Hall–Kier alpha value is -1.14. The lowest BCUT2D eigenvalue weighted by Crippen LogP contribution is -2.34. The molecule has 1 heterocycles. The molecule has 6 nitrogen and oxygen atoms in total. The van der Waals surface area contributed by atoms with Crippen molar-refractivity contribution in [1.82, 2.24) is 9.80 Å². The van der Waals surface area contributed by atoms with Crippen molar-refractivity contribution < 1.29 is 19.1 Å². The van der Waals surface area contributed by atoms with Crippen molar-refractivity contribution in [3.05, 3.63) is 0 Å². The monoisotopic (exact) mass is 272 g/mol. The molecular weight excluding hydrogens is 248 g/mol. The smallest absolute Gasteiger partial charge is 0.302 e. The Morgan fingerprint density at radius 3 is 1.63 bits per heavy atom. The molecule has 0 aromatic heterocycles. The Labute approximate surface area is 114 Å². The highest BCUT2D eigenvalue weighted by Crippen LogP contribution is 2.02. The van der Waals surface area contributed by atoms with Crippen molar-refractivity contribution in [2.45, 2.75) is 20.3 Å². The second-order valence-electron chi connectivity index (χ2n) is 4.72. The molecule has 1 aliphatic rings. The minimum atomic E-state index is -0.224. The van der Waals surface area contributed by atoms with Gasteiger partial charge in [-0.05, 0) is 19.5 Å². The van der Waals surface area contributed by atoms with Crippen LogP contribution in [0.25, 0.3) is 0 Å². The lowest BCUT2D eigenvalue weighted by molar-refractivity contribution is -0.142. The van der Waals surface area contributed by atoms with Crippen LogP contribution in [0, 0.1) is 0 Å². The molecule has 0 bridgehead atoms. The Balaban J connectivity index is 2.16. The van der Waals surface area contributed by atoms with E-state index in [2.05, 4.69) is 9.80 Å². The number of nitrogens with zero attached hydrogens (tertiary/aromatic N) is 2. The quantitative estimate of drug-likeness (QED) is 0.640. The fraction of sp³-hybridized carbons (Fsp3) is 0.846. The van der Waals surface area contributed by atoms with Gasteiger partial charge < -0.3 is 9.47 Å². The van der Waals surface area contributed by atoms with Crippen LogP contribution in [0.4, 0.5) is 0 Å². The Morgan fingerprint density at radius 1 is 0.842 bits per heavy atom. The zero-order valence-corrected chi connectivity index (χ0v) is 11.9. The van der Waals surface area contributed by atoms with E-state index in [1.54, 1.807) is 0 Å². The Bertz CT molecular complexity index is 268. The van der Waals surface area contributed by atoms with E-state index in [1.165, 1.54) is 13.8 Å². The first kappa shape index (κ1) is 15.9. The summed E-state index contributed by atoms with van der Waals surface area (Å²) >= 11 is 0. The zero-order valence-electron chi connectivity index (χ0n) is 11.9. The minimum absolute atomic E-state index is 0.224. The molecule has 0 atom stereocenters. The number of esters is 2. The second kappa shape index (κ2) is 8.87. The highest BCUT2D eigenvalue weighted by molar-refractivity contribution is 5.66. The van der Waals surface area contributed by atoms with Crippen molar-refractivity contribution in [2.75, 3.05) is 52.5 Å². The van der Waals surface area contributed by atoms with E-state index in [0.717, 1.165) is 45.7 Å². The van der Waals surface area contributed by atoms with Gasteiger partial charge in [0.25, 0.3) is 0 Å². The highest BCUT2D eigenvalue weighted by atomic mass is 16.5. The van der Waals surface area contributed by atoms with Gasteiger partial charge in [-0.1, -0.05) is 0 Å². The van der Waals surface area contributed by atoms with Crippen LogP contribution in [0.5, 0.6) is 0 Å². The largest absolute Gasteiger partial charge is 0.465 e. The van der Waals surface area contributed by atoms with Crippen LogP contribution in [0.15, 0.2) is 0 Å². The van der Waals surface area contributed by atoms with E-state index in [0.29, 0.717) is 13.2 Å². The van der Waals surface area contributed by atoms with Crippen LogP contribution in [0.1, 0.15) is 20.3 Å². The third kappa shape index (κ3) is 7.79. The van der Waals surface area contributed by atoms with Gasteiger partial charge in [-0.2, -0.15) is 0 Å². The molecular formula is C13H24N2O4. The molecule has 0 spiro atoms. The van der Waals surface area contributed by atoms with Gasteiger partial charge in [0.1, 0.15) is 13.2 Å². The molecule has 0 aliphatic carbocycles. The van der Waals surface area contributed by atoms with Crippen LogP contribution < -0.4 is 0 Å². The average molecular weight is 272 g/mol. The maximum Gasteiger partial charge on any atom is 0.302 e. The van der Waals surface area contributed by atoms with Gasteiger partial charge in [-0.3, -0.25) is 19.4 Å². The number of hydrogen-bond donors (Lipinski definition) is 0. The first-order valence-corrected chi connectivity index (χ1v) is 6.79. The third-order valence-corrected chi connectivity index (χ3v) is 3.11. The summed E-state index contributed by atoms with van der Waals surface area (Å²) in [6.07, 6.45) is 1.08. The molecule has 0 unspecified atom stereocenters. The highest BCUT2D eigenvalue weighted by Gasteiger charge is 2.14. The second-order valence-corrected chi connectivity index (χ2v) is 4.72. The summed E-state index contributed by atoms with van der Waals surface area (Å²) in [6, 6.07) is 0. The van der Waals surface area contributed by atoms with Crippen LogP contribution in [-0.4, -0.2) is 74.2 Å². The van der Waals surface area contributed by atoms with E-state index in [9.17, 15) is 9.59 Å². The van der Waals surface area contributed by atoms with E-state index in [1.807, 2.05) is 0 Å². The summed E-state index contributed by atoms with van der Waals surface area (Å²) in [6.45, 7) is 9.32. The number of carbonyl (C=O) groups is 2. The molecule has 0 aromatic carbocycles. The number of ether oxygens (including phenoxy) is 2. The van der Waals surface area contributed by atoms with E-state index in [-0.39, 0.29) is 11.9 Å². The van der Waals surface area contributed by atoms with Crippen molar-refractivity contribution in [2.24, 2.45) is 0 Å². The Morgan fingerprint density at radius 2 is 1.26 bits per heavy atom. The van der Waals surface area contributed by atoms with Gasteiger partial charge >= 0.3 is 11.9 Å². The maximum atomic E-state index is 10.7. The van der Waals surface area contributed by atoms with E-state index >= 15 is 0 Å². The van der Waals surface area contributed by atoms with Gasteiger partial charge in [0, 0.05) is 40.0 Å². The average Bonchev–Trinajstić information content (AvgIpc) is 2.54. The van der Waals surface area contributed by atoms with Crippen molar-refractivity contribution in [3.8, 4) is 0 Å². The summed E-state index contributed by atoms with van der Waals surface area (Å²) in [7, 11) is 0. The van der Waals surface area contributed by atoms with Gasteiger partial charge in [-0.15, -0.1) is 0 Å². The lowest BCUT2D eigenvalue weighted by Gasteiger charge is -2.21. The Kier molecular flexibility index (Phi) is 7.43. The van der Waals surface area contributed by atoms with Gasteiger partial charge in [0.2, 0.25) is 0 Å². The molecule has 0 N–H and O–H groups in total. The standard InChI is InChI=1S/C13H24N2O4/c1-12(16)18-10-8-14-4-3-5-15(7-6-14)9-11-19-13(2)17/h3-11H2,1-2H3. The van der Waals surface area contributed by atoms with Gasteiger partial charge in [0.05, 0.1) is 0 Å². The predicted molar refractivity (Wildman–Crippen MR) is 70.8 cm³/mol. The molecule has 1 saturated heterocycles. The summed E-state index contributed by atoms with van der Waals surface area (Å²) in [5.41, 5.74) is 0. The molecule has 19 heavy (non-hydrogen) atoms. The molecule has 1 rings (SSSR count). The molecule has 0 aromatic rings. The summed E-state index contributed by atoms with van der Waals surface area (Å²) < 4.78 is 9.90. The first-order chi connectivity index (χ1) is 9.08. The van der Waals surface area contributed by atoms with Crippen molar-refractivity contribution >= 4 is 11.9 Å². The summed E-state index contributed by atoms with van der Waals surface area (Å²) in [4.78, 5) is 26.0. The fourth-order valence-corrected chi connectivity index (χ4v) is 2.11. The van der Waals surface area contributed by atoms with Crippen LogP contribution in [-0.2, 0) is 19.1 Å². The van der Waals surface area contributed by atoms with Gasteiger partial charge in [0.15, 0.2) is 0 Å². The normalized spacial score (nSPS) is 17.8. The van der Waals surface area contributed by atoms with Crippen molar-refractivity contribution in [1.29, 1.82) is 0 Å². The van der Waals surface area contributed by atoms with Crippen LogP contribution >= 0.6 is 0 Å². The zero-order chi connectivity index (χ0) is 14.1. The minimum Gasteiger partial charge on any atom is -0.465 e. The molecule has 6 heteroatoms. The predicted octanol–water partition coefficient (Wildman–Crippen LogP) is 0.120. The molecule has 0 radical (unpaired) electrons. The maximum absolute atomic E-state index is 10.7. The molecule has 0 amide bonds. The van der Waals surface area contributed by atoms with E-state index < -0.39 is 0 Å². The molecule has 1 aliphatic heterocycles. The number of hydrogen-bond acceptors (Lipinski definition) is 6. The van der Waals surface area contributed by atoms with Crippen LogP contribution in [0.3, 0.4) is 0 Å². The van der Waals surface area contributed by atoms with E-state index in [4.69, 9.17) is 9.47 Å². The molecule has 110 valence electrons. The number of rotatable bonds is 6. The topological polar surface area (TPSA) is 59.1 Å².